The largest absolute Gasteiger partial charge is 0.492 e. The molecule has 0 N–H and O–H groups in total. The van der Waals surface area contributed by atoms with Crippen molar-refractivity contribution in [3.05, 3.63) is 22.3 Å². The Kier molecular flexibility index (Phi) is 1.90. The highest BCUT2D eigenvalue weighted by molar-refractivity contribution is 7.97. The number of sulfone groups is 1. The monoisotopic (exact) mass is 176 g/mol. The van der Waals surface area contributed by atoms with Crippen LogP contribution in [0.25, 0.3) is 0 Å². The van der Waals surface area contributed by atoms with Crippen LogP contribution in [0.1, 0.15) is 0 Å². The Morgan fingerprint density at radius 1 is 1.09 bits per heavy atom. The van der Waals surface area contributed by atoms with Gasteiger partial charge in [-0.25, -0.2) is 8.42 Å². The molecule has 4 nitrogen and oxygen atoms in total. The Hall–Kier alpha value is -0.970. The molecule has 0 aromatic rings. The van der Waals surface area contributed by atoms with Crippen LogP contribution >= 0.6 is 0 Å². The molecule has 11 heavy (non-hydrogen) atoms. The van der Waals surface area contributed by atoms with Crippen molar-refractivity contribution in [2.75, 3.05) is 14.2 Å². The van der Waals surface area contributed by atoms with Crippen molar-refractivity contribution >= 4 is 9.84 Å². The lowest BCUT2D eigenvalue weighted by Crippen LogP contribution is -1.90. The third kappa shape index (κ3) is 1.54. The summed E-state index contributed by atoms with van der Waals surface area (Å²) >= 11 is 0. The average molecular weight is 176 g/mol. The number of methoxy groups -OCH3 is 2. The van der Waals surface area contributed by atoms with E-state index in [4.69, 9.17) is 9.47 Å². The highest BCUT2D eigenvalue weighted by Crippen LogP contribution is 2.22. The van der Waals surface area contributed by atoms with Crippen LogP contribution in [0, 0.1) is 0 Å². The van der Waals surface area contributed by atoms with Crippen molar-refractivity contribution in [1.82, 2.24) is 0 Å². The van der Waals surface area contributed by atoms with Gasteiger partial charge in [0.2, 0.25) is 9.84 Å². The summed E-state index contributed by atoms with van der Waals surface area (Å²) in [6.45, 7) is 0. The lowest BCUT2D eigenvalue weighted by molar-refractivity contribution is 0.223. The van der Waals surface area contributed by atoms with Crippen LogP contribution in [0.5, 0.6) is 0 Å². The molecule has 0 saturated carbocycles. The molecule has 0 aromatic heterocycles. The Bertz CT molecular complexity index is 283. The summed E-state index contributed by atoms with van der Waals surface area (Å²) < 4.78 is 31.2. The Labute approximate surface area is 65.0 Å². The van der Waals surface area contributed by atoms with E-state index in [-0.39, 0.29) is 11.5 Å². The number of hydrogen-bond donors (Lipinski definition) is 0. The molecule has 62 valence electrons. The summed E-state index contributed by atoms with van der Waals surface area (Å²) in [6.07, 6.45) is 0. The molecule has 0 atom stereocenters. The molecule has 1 rings (SSSR count). The summed E-state index contributed by atoms with van der Waals surface area (Å²) in [5.41, 5.74) is 0. The average Bonchev–Trinajstić information content (AvgIpc) is 2.25. The Morgan fingerprint density at radius 3 is 1.73 bits per heavy atom. The van der Waals surface area contributed by atoms with Gasteiger partial charge in [-0.3, -0.25) is 0 Å². The van der Waals surface area contributed by atoms with E-state index in [1.807, 2.05) is 0 Å². The van der Waals surface area contributed by atoms with Gasteiger partial charge in [-0.1, -0.05) is 0 Å². The van der Waals surface area contributed by atoms with Gasteiger partial charge < -0.3 is 9.47 Å². The van der Waals surface area contributed by atoms with E-state index in [0.29, 0.717) is 0 Å². The SMILES string of the molecule is COC1=CS(=O)(=O)C=C1OC. The standard InChI is InChI=1S/C6H8O4S/c1-9-5-3-11(7,8)4-6(5)10-2/h3-4H,1-2H3. The van der Waals surface area contributed by atoms with Crippen LogP contribution in [0.3, 0.4) is 0 Å². The third-order valence-electron chi connectivity index (χ3n) is 1.23. The van der Waals surface area contributed by atoms with E-state index < -0.39 is 9.84 Å². The lowest BCUT2D eigenvalue weighted by Gasteiger charge is -2.02. The van der Waals surface area contributed by atoms with Crippen LogP contribution < -0.4 is 0 Å². The van der Waals surface area contributed by atoms with Crippen LogP contribution in [0.2, 0.25) is 0 Å². The molecular formula is C6H8O4S. The molecule has 5 heteroatoms. The van der Waals surface area contributed by atoms with E-state index in [0.717, 1.165) is 10.8 Å². The Balaban J connectivity index is 3.09. The van der Waals surface area contributed by atoms with Gasteiger partial charge in [-0.15, -0.1) is 0 Å². The van der Waals surface area contributed by atoms with Gasteiger partial charge in [0.1, 0.15) is 0 Å². The third-order valence-corrected chi connectivity index (χ3v) is 2.31. The maximum atomic E-state index is 10.9. The van der Waals surface area contributed by atoms with E-state index in [1.54, 1.807) is 0 Å². The fourth-order valence-corrected chi connectivity index (χ4v) is 1.84. The molecule has 0 unspecified atom stereocenters. The maximum Gasteiger partial charge on any atom is 0.200 e. The van der Waals surface area contributed by atoms with Gasteiger partial charge in [0, 0.05) is 0 Å². The summed E-state index contributed by atoms with van der Waals surface area (Å²) in [5, 5.41) is 2.04. The van der Waals surface area contributed by atoms with Crippen molar-refractivity contribution in [2.45, 2.75) is 0 Å². The first-order valence-electron chi connectivity index (χ1n) is 2.86. The molecular weight excluding hydrogens is 168 g/mol. The van der Waals surface area contributed by atoms with Gasteiger partial charge in [0.25, 0.3) is 0 Å². The van der Waals surface area contributed by atoms with E-state index in [1.165, 1.54) is 14.2 Å². The fourth-order valence-electron chi connectivity index (χ4n) is 0.746. The van der Waals surface area contributed by atoms with Gasteiger partial charge in [0.15, 0.2) is 11.5 Å². The highest BCUT2D eigenvalue weighted by atomic mass is 32.2. The minimum atomic E-state index is -3.24. The summed E-state index contributed by atoms with van der Waals surface area (Å²) in [4.78, 5) is 0. The van der Waals surface area contributed by atoms with Crippen molar-refractivity contribution in [3.8, 4) is 0 Å². The van der Waals surface area contributed by atoms with Crippen molar-refractivity contribution in [3.63, 3.8) is 0 Å². The molecule has 0 amide bonds. The van der Waals surface area contributed by atoms with Gasteiger partial charge in [0.05, 0.1) is 25.0 Å². The fraction of sp³-hybridized carbons (Fsp3) is 0.333. The zero-order valence-electron chi connectivity index (χ0n) is 6.20. The van der Waals surface area contributed by atoms with E-state index in [2.05, 4.69) is 0 Å². The predicted molar refractivity (Wildman–Crippen MR) is 39.1 cm³/mol. The molecule has 0 aliphatic carbocycles. The van der Waals surface area contributed by atoms with Crippen LogP contribution in [0.4, 0.5) is 0 Å². The lowest BCUT2D eigenvalue weighted by atomic mass is 10.5. The summed E-state index contributed by atoms with van der Waals surface area (Å²) in [5.74, 6) is 0.486. The topological polar surface area (TPSA) is 52.6 Å². The molecule has 1 heterocycles. The molecule has 0 bridgehead atoms. The van der Waals surface area contributed by atoms with Crippen LogP contribution in [-0.4, -0.2) is 22.6 Å². The quantitative estimate of drug-likeness (QED) is 0.610. The van der Waals surface area contributed by atoms with Gasteiger partial charge in [-0.2, -0.15) is 0 Å². The molecule has 0 spiro atoms. The molecule has 0 aromatic carbocycles. The van der Waals surface area contributed by atoms with Crippen molar-refractivity contribution in [2.24, 2.45) is 0 Å². The molecule has 0 saturated heterocycles. The van der Waals surface area contributed by atoms with Gasteiger partial charge in [-0.05, 0) is 0 Å². The van der Waals surface area contributed by atoms with Crippen LogP contribution in [-0.2, 0) is 19.3 Å². The van der Waals surface area contributed by atoms with Crippen molar-refractivity contribution < 1.29 is 17.9 Å². The zero-order valence-corrected chi connectivity index (χ0v) is 7.01. The summed E-state index contributed by atoms with van der Waals surface area (Å²) in [7, 11) is -0.466. The van der Waals surface area contributed by atoms with Crippen LogP contribution in [0.15, 0.2) is 22.3 Å². The number of ether oxygens (including phenoxy) is 2. The number of hydrogen-bond acceptors (Lipinski definition) is 4. The molecule has 1 aliphatic rings. The second-order valence-corrected chi connectivity index (χ2v) is 3.61. The molecule has 0 radical (unpaired) electrons. The second kappa shape index (κ2) is 2.58. The first-order chi connectivity index (χ1) is 5.09. The van der Waals surface area contributed by atoms with E-state index >= 15 is 0 Å². The summed E-state index contributed by atoms with van der Waals surface area (Å²) in [6, 6.07) is 0. The Morgan fingerprint density at radius 2 is 1.45 bits per heavy atom. The normalized spacial score (nSPS) is 20.5. The first kappa shape index (κ1) is 8.13. The zero-order chi connectivity index (χ0) is 8.48. The highest BCUT2D eigenvalue weighted by Gasteiger charge is 2.21. The molecule has 1 aliphatic heterocycles. The van der Waals surface area contributed by atoms with Gasteiger partial charge >= 0.3 is 0 Å². The maximum absolute atomic E-state index is 10.9. The van der Waals surface area contributed by atoms with E-state index in [9.17, 15) is 8.42 Å². The first-order valence-corrected chi connectivity index (χ1v) is 4.47. The number of rotatable bonds is 2. The second-order valence-electron chi connectivity index (χ2n) is 1.96. The minimum Gasteiger partial charge on any atom is -0.492 e. The predicted octanol–water partition coefficient (Wildman–Crippen LogP) is 0.390. The minimum absolute atomic E-state index is 0.243. The molecule has 0 fully saturated rings. The smallest absolute Gasteiger partial charge is 0.200 e. The van der Waals surface area contributed by atoms with Crippen molar-refractivity contribution in [1.29, 1.82) is 0 Å².